The van der Waals surface area contributed by atoms with Crippen LogP contribution in [0.5, 0.6) is 0 Å². The van der Waals surface area contributed by atoms with Crippen LogP contribution in [0.2, 0.25) is 0 Å². The van der Waals surface area contributed by atoms with Gasteiger partial charge in [0.25, 0.3) is 5.91 Å². The fourth-order valence-electron chi connectivity index (χ4n) is 12.0. The zero-order valence-corrected chi connectivity index (χ0v) is 44.9. The minimum Gasteiger partial charge on any atom is -0.464 e. The number of cyclic esters (lactones) is 1. The van der Waals surface area contributed by atoms with Gasteiger partial charge in [-0.25, -0.2) is 10.4 Å². The Hall–Kier alpha value is -5.52. The number of ether oxygens (including phenoxy) is 3. The first-order valence-electron chi connectivity index (χ1n) is 26.5. The first-order chi connectivity index (χ1) is 36.2. The summed E-state index contributed by atoms with van der Waals surface area (Å²) in [7, 11) is 4.91. The van der Waals surface area contributed by atoms with Crippen molar-refractivity contribution in [3.63, 3.8) is 0 Å². The largest absolute Gasteiger partial charge is 0.464 e. The van der Waals surface area contributed by atoms with E-state index in [1.807, 2.05) is 30.2 Å². The highest BCUT2D eigenvalue weighted by Gasteiger charge is 2.55. The molecule has 1 unspecified atom stereocenters. The molecular weight excluding hydrogens is 1010 g/mol. The Morgan fingerprint density at radius 3 is 2.57 bits per heavy atom. The predicted octanol–water partition coefficient (Wildman–Crippen LogP) is 4.99. The van der Waals surface area contributed by atoms with E-state index in [0.717, 1.165) is 25.7 Å². The molecule has 10 rings (SSSR count). The number of hydrogen-bond acceptors (Lipinski definition) is 14. The lowest BCUT2D eigenvalue weighted by atomic mass is 9.84. The predicted molar refractivity (Wildman–Crippen MR) is 276 cm³/mol. The van der Waals surface area contributed by atoms with Crippen molar-refractivity contribution >= 4 is 51.8 Å². The van der Waals surface area contributed by atoms with Crippen molar-refractivity contribution < 1.29 is 51.4 Å². The summed E-state index contributed by atoms with van der Waals surface area (Å²) in [5, 5.41) is 7.59. The van der Waals surface area contributed by atoms with E-state index in [9.17, 15) is 32.3 Å². The Bertz CT molecular complexity index is 2860. The quantitative estimate of drug-likeness (QED) is 0.152. The number of fused-ring (bicyclic) bond motifs is 6. The van der Waals surface area contributed by atoms with E-state index in [4.69, 9.17) is 19.2 Å². The second-order valence-electron chi connectivity index (χ2n) is 22.6. The zero-order chi connectivity index (χ0) is 53.8. The number of carbonyl (C=O) groups is 5. The summed E-state index contributed by atoms with van der Waals surface area (Å²) >= 11 is 1.32. The van der Waals surface area contributed by atoms with Crippen LogP contribution in [0.4, 0.5) is 13.2 Å². The van der Waals surface area contributed by atoms with Crippen LogP contribution in [0, 0.1) is 11.3 Å². The topological polar surface area (TPSA) is 184 Å². The third kappa shape index (κ3) is 11.3. The van der Waals surface area contributed by atoms with Crippen molar-refractivity contribution in [1.82, 2.24) is 49.9 Å². The average molecular weight is 1080 g/mol. The molecule has 22 heteroatoms. The molecule has 6 bridgehead atoms. The molecule has 4 saturated heterocycles. The van der Waals surface area contributed by atoms with Gasteiger partial charge in [0, 0.05) is 92.8 Å². The van der Waals surface area contributed by atoms with Gasteiger partial charge in [0.05, 0.1) is 67.1 Å². The number of hydrazine groups is 1. The number of likely N-dealkylation sites (tertiary alicyclic amines) is 1. The molecule has 6 atom stereocenters. The third-order valence-corrected chi connectivity index (χ3v) is 16.9. The number of pyridine rings is 1. The number of alkyl halides is 3. The standard InChI is InChI=1S/C54H69F3N10O8S/c1-32(73-6)45-35(13-9-17-58-45)47-37-23-52(2,3)31-74-51(72)38-14-10-18-67(61-38)49(70)39(22-43-59-40(26-76-43)34-15-16-41(36(37)21-34)66(47)30-54(55,56)57)60-48(69)46(33-11-7-8-12-33)63-19-20-75-53(27-63)28-65(29-53)50(71)42-24-64(42)25-44(68)62(4)5/h9,13,15-17,21,26,32-33,38-39,42,46,61H,7-8,10-12,14,18-20,22-25,27-31H2,1-6H3,(H,60,69)/t32-,38-,39-,42+,46-,64?/m0/s1. The molecular formula is C54H69F3N10O8S. The number of esters is 1. The monoisotopic (exact) mass is 1070 g/mol. The summed E-state index contributed by atoms with van der Waals surface area (Å²) in [6, 6.07) is 5.85. The smallest absolute Gasteiger partial charge is 0.406 e. The first kappa shape index (κ1) is 53.9. The maximum Gasteiger partial charge on any atom is 0.406 e. The second kappa shape index (κ2) is 21.4. The molecule has 1 aromatic carbocycles. The number of aromatic nitrogens is 3. The maximum absolute atomic E-state index is 15.1. The van der Waals surface area contributed by atoms with E-state index in [-0.39, 0.29) is 62.2 Å². The minimum atomic E-state index is -4.59. The maximum atomic E-state index is 15.1. The van der Waals surface area contributed by atoms with Crippen LogP contribution in [0.15, 0.2) is 41.9 Å². The minimum absolute atomic E-state index is 0.0129. The molecule has 1 saturated carbocycles. The van der Waals surface area contributed by atoms with Crippen molar-refractivity contribution in [1.29, 1.82) is 0 Å². The molecule has 5 aliphatic heterocycles. The second-order valence-corrected chi connectivity index (χ2v) is 23.6. The van der Waals surface area contributed by atoms with Crippen molar-refractivity contribution in [2.24, 2.45) is 11.3 Å². The fraction of sp³-hybridized carbons (Fsp3) is 0.611. The van der Waals surface area contributed by atoms with E-state index < -0.39 is 59.8 Å². The molecule has 8 heterocycles. The Kier molecular flexibility index (Phi) is 15.1. The van der Waals surface area contributed by atoms with Gasteiger partial charge >= 0.3 is 12.1 Å². The molecule has 1 spiro atoms. The van der Waals surface area contributed by atoms with Crippen LogP contribution in [0.1, 0.15) is 81.7 Å². The average Bonchev–Trinajstić information content (AvgIpc) is 3.64. The van der Waals surface area contributed by atoms with Gasteiger partial charge in [-0.2, -0.15) is 13.2 Å². The summed E-state index contributed by atoms with van der Waals surface area (Å²) in [6.07, 6.45) is 1.17. The molecule has 4 aromatic rings. The van der Waals surface area contributed by atoms with Gasteiger partial charge in [0.1, 0.15) is 30.3 Å². The highest BCUT2D eigenvalue weighted by molar-refractivity contribution is 7.10. The summed E-state index contributed by atoms with van der Waals surface area (Å²) in [5.41, 5.74) is 5.16. The lowest BCUT2D eigenvalue weighted by Crippen LogP contribution is -2.73. The Balaban J connectivity index is 0.965. The van der Waals surface area contributed by atoms with Gasteiger partial charge in [-0.15, -0.1) is 11.3 Å². The lowest BCUT2D eigenvalue weighted by Gasteiger charge is -2.55. The molecule has 18 nitrogen and oxygen atoms in total. The van der Waals surface area contributed by atoms with Crippen LogP contribution >= 0.6 is 11.3 Å². The number of thiazole rings is 1. The third-order valence-electron chi connectivity index (χ3n) is 16.1. The molecule has 410 valence electrons. The van der Waals surface area contributed by atoms with Crippen molar-refractivity contribution in [2.45, 2.75) is 121 Å². The normalized spacial score (nSPS) is 24.9. The number of benzene rings is 1. The molecule has 4 amide bonds. The fourth-order valence-corrected chi connectivity index (χ4v) is 12.9. The van der Waals surface area contributed by atoms with Crippen molar-refractivity contribution in [3.8, 4) is 22.5 Å². The van der Waals surface area contributed by atoms with Crippen LogP contribution < -0.4 is 10.7 Å². The van der Waals surface area contributed by atoms with Crippen molar-refractivity contribution in [3.05, 3.63) is 58.2 Å². The van der Waals surface area contributed by atoms with Crippen LogP contribution in [0.25, 0.3) is 33.4 Å². The summed E-state index contributed by atoms with van der Waals surface area (Å²) in [4.78, 5) is 86.8. The molecule has 0 radical (unpaired) electrons. The van der Waals surface area contributed by atoms with E-state index in [1.165, 1.54) is 32.9 Å². The molecule has 1 aliphatic carbocycles. The molecule has 3 aromatic heterocycles. The molecule has 2 N–H and O–H groups in total. The summed E-state index contributed by atoms with van der Waals surface area (Å²) < 4.78 is 63.7. The molecule has 76 heavy (non-hydrogen) atoms. The number of carbonyl (C=O) groups excluding carboxylic acids is 5. The van der Waals surface area contributed by atoms with Gasteiger partial charge in [-0.1, -0.05) is 32.8 Å². The van der Waals surface area contributed by atoms with Crippen LogP contribution in [0.3, 0.4) is 0 Å². The number of likely N-dealkylation sites (N-methyl/N-ethyl adjacent to an activating group) is 1. The van der Waals surface area contributed by atoms with Gasteiger partial charge in [0.2, 0.25) is 17.7 Å². The van der Waals surface area contributed by atoms with E-state index in [2.05, 4.69) is 20.6 Å². The van der Waals surface area contributed by atoms with Crippen molar-refractivity contribution in [2.75, 3.05) is 80.2 Å². The van der Waals surface area contributed by atoms with Gasteiger partial charge < -0.3 is 33.9 Å². The number of morpholine rings is 1. The lowest BCUT2D eigenvalue weighted by molar-refractivity contribution is -0.198. The SMILES string of the molecule is CO[C@@H](C)c1ncccc1-c1c2c3cc(ccc3n1CC(F)(F)F)-c1csc(n1)C[C@H](NC(=O)[C@H](C1CCCC1)N1CCOC3(CN(C(=O)[C@H]4CN4CC(=O)N(C)C)C3)C1)C(=O)N1CCC[C@H](N1)C(=O)OCC(C)(C)C2. The van der Waals surface area contributed by atoms with Gasteiger partial charge in [-0.3, -0.25) is 43.8 Å². The van der Waals surface area contributed by atoms with Crippen LogP contribution in [-0.4, -0.2) is 185 Å². The summed E-state index contributed by atoms with van der Waals surface area (Å²) in [6.45, 7) is 7.26. The Labute approximate surface area is 444 Å². The first-order valence-corrected chi connectivity index (χ1v) is 27.4. The number of nitrogens with one attached hydrogen (secondary N) is 2. The van der Waals surface area contributed by atoms with E-state index in [0.29, 0.717) is 102 Å². The number of methoxy groups -OCH3 is 1. The highest BCUT2D eigenvalue weighted by atomic mass is 32.1. The Morgan fingerprint density at radius 2 is 1.83 bits per heavy atom. The van der Waals surface area contributed by atoms with Gasteiger partial charge in [-0.05, 0) is 74.8 Å². The van der Waals surface area contributed by atoms with E-state index in [1.54, 1.807) is 56.4 Å². The Morgan fingerprint density at radius 1 is 1.05 bits per heavy atom. The number of nitrogens with zero attached hydrogens (tertiary/aromatic N) is 8. The van der Waals surface area contributed by atoms with Gasteiger partial charge in [0.15, 0.2) is 0 Å². The highest BCUT2D eigenvalue weighted by Crippen LogP contribution is 2.44. The molecule has 6 aliphatic rings. The van der Waals surface area contributed by atoms with E-state index >= 15 is 4.79 Å². The number of amides is 4. The summed E-state index contributed by atoms with van der Waals surface area (Å²) in [5.74, 6) is -1.38. The molecule has 5 fully saturated rings. The zero-order valence-electron chi connectivity index (χ0n) is 44.1. The number of rotatable bonds is 11. The number of hydrogen-bond donors (Lipinski definition) is 2. The van der Waals surface area contributed by atoms with Crippen LogP contribution in [-0.2, 0) is 57.6 Å². The number of halogens is 3.